The molecule has 0 aliphatic carbocycles. The van der Waals surface area contributed by atoms with Gasteiger partial charge in [0.25, 0.3) is 0 Å². The number of hydrogen-bond donors (Lipinski definition) is 1. The van der Waals surface area contributed by atoms with Crippen molar-refractivity contribution in [1.29, 1.82) is 0 Å². The van der Waals surface area contributed by atoms with Gasteiger partial charge in [0.1, 0.15) is 5.82 Å². The molecule has 2 aliphatic rings. The first-order valence-electron chi connectivity index (χ1n) is 13.9. The molecule has 36 heavy (non-hydrogen) atoms. The van der Waals surface area contributed by atoms with E-state index < -0.39 is 0 Å². The number of nitrogens with one attached hydrogen (secondary N) is 1. The van der Waals surface area contributed by atoms with Gasteiger partial charge in [-0.3, -0.25) is 4.79 Å². The maximum absolute atomic E-state index is 12.9. The first-order chi connectivity index (χ1) is 17.5. The van der Waals surface area contributed by atoms with Crippen LogP contribution in [0.1, 0.15) is 57.1 Å². The monoisotopic (exact) mass is 509 g/mol. The molecule has 2 fully saturated rings. The summed E-state index contributed by atoms with van der Waals surface area (Å²) < 4.78 is 0. The second kappa shape index (κ2) is 12.9. The first-order valence-corrected chi connectivity index (χ1v) is 14.3. The molecule has 3 heterocycles. The van der Waals surface area contributed by atoms with Crippen molar-refractivity contribution in [3.8, 4) is 0 Å². The zero-order chi connectivity index (χ0) is 25.5. The number of carbonyl (C=O) groups excluding carboxylic acids is 1. The van der Waals surface area contributed by atoms with E-state index in [1.807, 2.05) is 4.90 Å². The Balaban J connectivity index is 1.34. The second-order valence-corrected chi connectivity index (χ2v) is 10.9. The molecular weight excluding hydrogens is 466 g/mol. The number of amides is 1. The third kappa shape index (κ3) is 6.81. The van der Waals surface area contributed by atoms with E-state index in [2.05, 4.69) is 60.2 Å². The number of pyridine rings is 1. The number of carbonyl (C=O) groups is 1. The molecular formula is C29H43N5OS. The molecule has 2 saturated heterocycles. The smallest absolute Gasteiger partial charge is 0.239 e. The lowest BCUT2D eigenvalue weighted by Gasteiger charge is -2.38. The van der Waals surface area contributed by atoms with Crippen molar-refractivity contribution in [3.63, 3.8) is 0 Å². The normalized spacial score (nSPS) is 18.7. The SMILES string of the molecule is CCN(CC)CCCC(=S)Cc1ccc2nc(N3CCN(C(=O)C4CCCCN4)CC3)cc(C)c2c1. The van der Waals surface area contributed by atoms with Gasteiger partial charge in [-0.05, 0) is 93.0 Å². The molecule has 1 atom stereocenters. The van der Waals surface area contributed by atoms with Crippen LogP contribution in [0.4, 0.5) is 5.82 Å². The number of aromatic nitrogens is 1. The van der Waals surface area contributed by atoms with Crippen molar-refractivity contribution in [2.75, 3.05) is 57.3 Å². The number of fused-ring (bicyclic) bond motifs is 1. The van der Waals surface area contributed by atoms with Crippen molar-refractivity contribution in [2.45, 2.75) is 65.3 Å². The zero-order valence-electron chi connectivity index (χ0n) is 22.4. The zero-order valence-corrected chi connectivity index (χ0v) is 23.2. The fourth-order valence-corrected chi connectivity index (χ4v) is 5.80. The number of anilines is 1. The molecule has 1 N–H and O–H groups in total. The molecule has 2 aliphatic heterocycles. The fourth-order valence-electron chi connectivity index (χ4n) is 5.49. The highest BCUT2D eigenvalue weighted by Gasteiger charge is 2.28. The Labute approximate surface area is 222 Å². The summed E-state index contributed by atoms with van der Waals surface area (Å²) in [6.07, 6.45) is 6.28. The summed E-state index contributed by atoms with van der Waals surface area (Å²) in [4.78, 5) is 25.8. The number of hydrogen-bond acceptors (Lipinski definition) is 6. The van der Waals surface area contributed by atoms with Crippen molar-refractivity contribution in [3.05, 3.63) is 35.4 Å². The molecule has 0 bridgehead atoms. The number of nitrogens with zero attached hydrogens (tertiary/aromatic N) is 4. The van der Waals surface area contributed by atoms with Crippen LogP contribution in [0.25, 0.3) is 10.9 Å². The second-order valence-electron chi connectivity index (χ2n) is 10.3. The lowest BCUT2D eigenvalue weighted by atomic mass is 10.0. The van der Waals surface area contributed by atoms with Gasteiger partial charge in [-0.1, -0.05) is 38.6 Å². The van der Waals surface area contributed by atoms with Gasteiger partial charge in [0, 0.05) is 38.0 Å². The Hall–Kier alpha value is -2.09. The van der Waals surface area contributed by atoms with Crippen LogP contribution in [0.2, 0.25) is 0 Å². The third-order valence-electron chi connectivity index (χ3n) is 7.82. The van der Waals surface area contributed by atoms with Crippen LogP contribution < -0.4 is 10.2 Å². The topological polar surface area (TPSA) is 51.7 Å². The average molecular weight is 510 g/mol. The van der Waals surface area contributed by atoms with Crippen LogP contribution in [-0.2, 0) is 11.2 Å². The predicted octanol–water partition coefficient (Wildman–Crippen LogP) is 4.37. The minimum atomic E-state index is 0.00999. The maximum atomic E-state index is 12.9. The molecule has 196 valence electrons. The van der Waals surface area contributed by atoms with E-state index in [9.17, 15) is 4.79 Å². The highest BCUT2D eigenvalue weighted by atomic mass is 32.1. The van der Waals surface area contributed by atoms with Crippen molar-refractivity contribution in [2.24, 2.45) is 0 Å². The largest absolute Gasteiger partial charge is 0.353 e. The van der Waals surface area contributed by atoms with Gasteiger partial charge < -0.3 is 20.0 Å². The summed E-state index contributed by atoms with van der Waals surface area (Å²) in [7, 11) is 0. The minimum absolute atomic E-state index is 0.00999. The molecule has 6 nitrogen and oxygen atoms in total. The summed E-state index contributed by atoms with van der Waals surface area (Å²) in [6, 6.07) is 8.81. The summed E-state index contributed by atoms with van der Waals surface area (Å²) in [6.45, 7) is 14.1. The molecule has 7 heteroatoms. The minimum Gasteiger partial charge on any atom is -0.353 e. The number of piperazine rings is 1. The van der Waals surface area contributed by atoms with Crippen LogP contribution in [0.15, 0.2) is 24.3 Å². The van der Waals surface area contributed by atoms with Gasteiger partial charge in [0.05, 0.1) is 11.6 Å². The number of piperidine rings is 1. The Morgan fingerprint density at radius 2 is 1.92 bits per heavy atom. The van der Waals surface area contributed by atoms with E-state index in [1.54, 1.807) is 0 Å². The molecule has 1 aromatic carbocycles. The van der Waals surface area contributed by atoms with Gasteiger partial charge in [0.15, 0.2) is 0 Å². The van der Waals surface area contributed by atoms with E-state index in [0.29, 0.717) is 0 Å². The van der Waals surface area contributed by atoms with Crippen LogP contribution >= 0.6 is 12.2 Å². The maximum Gasteiger partial charge on any atom is 0.239 e. The molecule has 0 radical (unpaired) electrons. The molecule has 1 amide bonds. The van der Waals surface area contributed by atoms with E-state index in [4.69, 9.17) is 17.2 Å². The fraction of sp³-hybridized carbons (Fsp3) is 0.621. The average Bonchev–Trinajstić information content (AvgIpc) is 2.91. The summed E-state index contributed by atoms with van der Waals surface area (Å²) in [5.74, 6) is 1.29. The Morgan fingerprint density at radius 1 is 1.14 bits per heavy atom. The van der Waals surface area contributed by atoms with Crippen molar-refractivity contribution < 1.29 is 4.79 Å². The molecule has 0 spiro atoms. The summed E-state index contributed by atoms with van der Waals surface area (Å²) in [5.41, 5.74) is 3.55. The highest BCUT2D eigenvalue weighted by molar-refractivity contribution is 7.80. The van der Waals surface area contributed by atoms with Gasteiger partial charge in [0.2, 0.25) is 5.91 Å². The van der Waals surface area contributed by atoms with E-state index in [1.165, 1.54) is 22.9 Å². The summed E-state index contributed by atoms with van der Waals surface area (Å²) in [5, 5.41) is 4.60. The number of rotatable bonds is 10. The van der Waals surface area contributed by atoms with Crippen LogP contribution in [0.3, 0.4) is 0 Å². The molecule has 1 aromatic heterocycles. The standard InChI is InChI=1S/C29H43N5OS/c1-4-32(5-2)14-8-9-24(36)20-23-11-12-26-25(21-23)22(3)19-28(31-26)33-15-17-34(18-16-33)29(35)27-10-6-7-13-30-27/h11-12,19,21,27,30H,4-10,13-18,20H2,1-3H3. The molecule has 2 aromatic rings. The highest BCUT2D eigenvalue weighted by Crippen LogP contribution is 2.25. The van der Waals surface area contributed by atoms with Crippen molar-refractivity contribution >= 4 is 39.7 Å². The van der Waals surface area contributed by atoms with Crippen LogP contribution in [0.5, 0.6) is 0 Å². The lowest BCUT2D eigenvalue weighted by Crippen LogP contribution is -2.55. The van der Waals surface area contributed by atoms with Crippen molar-refractivity contribution in [1.82, 2.24) is 20.1 Å². The predicted molar refractivity (Wildman–Crippen MR) is 154 cm³/mol. The van der Waals surface area contributed by atoms with E-state index >= 15 is 0 Å². The molecule has 4 rings (SSSR count). The van der Waals surface area contributed by atoms with Gasteiger partial charge in [-0.2, -0.15) is 0 Å². The number of thiocarbonyl (C=S) groups is 1. The lowest BCUT2D eigenvalue weighted by molar-refractivity contribution is -0.134. The van der Waals surface area contributed by atoms with Gasteiger partial charge in [-0.15, -0.1) is 0 Å². The Morgan fingerprint density at radius 3 is 2.61 bits per heavy atom. The summed E-state index contributed by atoms with van der Waals surface area (Å²) >= 11 is 5.72. The number of aryl methyl sites for hydroxylation is 1. The van der Waals surface area contributed by atoms with Crippen LogP contribution in [-0.4, -0.2) is 84.0 Å². The quantitative estimate of drug-likeness (QED) is 0.480. The van der Waals surface area contributed by atoms with E-state index in [0.717, 1.165) is 101 Å². The van der Waals surface area contributed by atoms with Crippen LogP contribution in [0, 0.1) is 6.92 Å². The van der Waals surface area contributed by atoms with Gasteiger partial charge >= 0.3 is 0 Å². The molecule has 0 saturated carbocycles. The van der Waals surface area contributed by atoms with E-state index in [-0.39, 0.29) is 11.9 Å². The van der Waals surface area contributed by atoms with Gasteiger partial charge in [-0.25, -0.2) is 4.98 Å². The Kier molecular flexibility index (Phi) is 9.68. The molecule has 1 unspecified atom stereocenters. The Bertz CT molecular complexity index is 1040. The first kappa shape index (κ1) is 27.0. The third-order valence-corrected chi connectivity index (χ3v) is 8.16. The number of benzene rings is 1.